The first-order valence-electron chi connectivity index (χ1n) is 5.97. The van der Waals surface area contributed by atoms with Crippen molar-refractivity contribution in [1.82, 2.24) is 0 Å². The largest absolute Gasteiger partial charge is 0.496 e. The Morgan fingerprint density at radius 3 is 2.56 bits per heavy atom. The van der Waals surface area contributed by atoms with Gasteiger partial charge in [0.05, 0.1) is 12.9 Å². The molecule has 0 amide bonds. The van der Waals surface area contributed by atoms with Crippen LogP contribution >= 0.6 is 0 Å². The smallest absolute Gasteiger partial charge is 0.159 e. The number of hydrogen-bond donors (Lipinski definition) is 0. The van der Waals surface area contributed by atoms with E-state index in [0.29, 0.717) is 28.7 Å². The van der Waals surface area contributed by atoms with Crippen LogP contribution in [0.1, 0.15) is 36.7 Å². The van der Waals surface area contributed by atoms with Gasteiger partial charge in [0.15, 0.2) is 5.78 Å². The quantitative estimate of drug-likeness (QED) is 0.745. The van der Waals surface area contributed by atoms with Gasteiger partial charge in [-0.05, 0) is 31.0 Å². The van der Waals surface area contributed by atoms with E-state index in [1.54, 1.807) is 25.3 Å². The molecule has 0 N–H and O–H groups in total. The van der Waals surface area contributed by atoms with Gasteiger partial charge in [0.1, 0.15) is 5.75 Å². The van der Waals surface area contributed by atoms with E-state index in [1.165, 1.54) is 6.92 Å². The molecule has 0 heterocycles. The Labute approximate surface area is 111 Å². The monoisotopic (exact) mass is 268 g/mol. The first kappa shape index (κ1) is 14.9. The topological polar surface area (TPSA) is 43.4 Å². The summed E-state index contributed by atoms with van der Waals surface area (Å²) in [5.74, 6) is 2.19. The second-order valence-electron chi connectivity index (χ2n) is 4.73. The summed E-state index contributed by atoms with van der Waals surface area (Å²) in [6, 6.07) is 5.27. The Balaban J connectivity index is 2.94. The van der Waals surface area contributed by atoms with Crippen molar-refractivity contribution in [2.75, 3.05) is 12.9 Å². The van der Waals surface area contributed by atoms with Crippen LogP contribution in [-0.2, 0) is 16.6 Å². The standard InChI is InChI=1S/C14H20O3S/c1-10(2)8-18(16)9-13-7-12(11(3)15)5-6-14(13)17-4/h5-7,10H,8-9H2,1-4H3. The number of benzene rings is 1. The van der Waals surface area contributed by atoms with Gasteiger partial charge in [-0.15, -0.1) is 0 Å². The Hall–Kier alpha value is -1.16. The van der Waals surface area contributed by atoms with Gasteiger partial charge in [-0.2, -0.15) is 0 Å². The minimum absolute atomic E-state index is 0.00791. The van der Waals surface area contributed by atoms with Crippen LogP contribution in [0.2, 0.25) is 0 Å². The first-order valence-corrected chi connectivity index (χ1v) is 7.45. The highest BCUT2D eigenvalue weighted by molar-refractivity contribution is 7.84. The van der Waals surface area contributed by atoms with Gasteiger partial charge in [-0.1, -0.05) is 13.8 Å². The first-order chi connectivity index (χ1) is 8.43. The molecule has 18 heavy (non-hydrogen) atoms. The fourth-order valence-electron chi connectivity index (χ4n) is 1.71. The number of methoxy groups -OCH3 is 1. The zero-order valence-corrected chi connectivity index (χ0v) is 12.2. The maximum atomic E-state index is 11.9. The summed E-state index contributed by atoms with van der Waals surface area (Å²) in [6.45, 7) is 5.61. The summed E-state index contributed by atoms with van der Waals surface area (Å²) in [6.07, 6.45) is 0. The molecule has 0 aliphatic heterocycles. The molecule has 1 unspecified atom stereocenters. The summed E-state index contributed by atoms with van der Waals surface area (Å²) >= 11 is 0. The van der Waals surface area contributed by atoms with Crippen molar-refractivity contribution in [2.24, 2.45) is 5.92 Å². The molecule has 0 fully saturated rings. The molecule has 0 bridgehead atoms. The van der Waals surface area contributed by atoms with E-state index in [4.69, 9.17) is 4.74 Å². The molecule has 1 aromatic rings. The third-order valence-electron chi connectivity index (χ3n) is 2.52. The Morgan fingerprint density at radius 2 is 2.06 bits per heavy atom. The molecular weight excluding hydrogens is 248 g/mol. The van der Waals surface area contributed by atoms with Gasteiger partial charge in [0.2, 0.25) is 0 Å². The summed E-state index contributed by atoms with van der Waals surface area (Å²) in [7, 11) is 0.655. The highest BCUT2D eigenvalue weighted by Crippen LogP contribution is 2.22. The van der Waals surface area contributed by atoms with E-state index < -0.39 is 10.8 Å². The predicted molar refractivity (Wildman–Crippen MR) is 74.5 cm³/mol. The van der Waals surface area contributed by atoms with Crippen LogP contribution in [0.5, 0.6) is 5.75 Å². The number of rotatable bonds is 6. The van der Waals surface area contributed by atoms with Crippen LogP contribution in [0, 0.1) is 5.92 Å². The molecule has 0 saturated heterocycles. The van der Waals surface area contributed by atoms with Crippen molar-refractivity contribution in [3.8, 4) is 5.75 Å². The van der Waals surface area contributed by atoms with Crippen LogP contribution in [0.3, 0.4) is 0 Å². The zero-order valence-electron chi connectivity index (χ0n) is 11.4. The van der Waals surface area contributed by atoms with Gasteiger partial charge in [0.25, 0.3) is 0 Å². The average molecular weight is 268 g/mol. The van der Waals surface area contributed by atoms with Gasteiger partial charge in [-0.25, -0.2) is 0 Å². The molecular formula is C14H20O3S. The fourth-order valence-corrected chi connectivity index (χ4v) is 3.15. The van der Waals surface area contributed by atoms with Gasteiger partial charge in [-0.3, -0.25) is 9.00 Å². The van der Waals surface area contributed by atoms with Crippen LogP contribution in [0.15, 0.2) is 18.2 Å². The van der Waals surface area contributed by atoms with E-state index >= 15 is 0 Å². The zero-order chi connectivity index (χ0) is 13.7. The molecule has 0 aromatic heterocycles. The number of carbonyl (C=O) groups is 1. The van der Waals surface area contributed by atoms with Gasteiger partial charge < -0.3 is 4.74 Å². The lowest BCUT2D eigenvalue weighted by Crippen LogP contribution is -2.08. The van der Waals surface area contributed by atoms with E-state index in [2.05, 4.69) is 0 Å². The van der Waals surface area contributed by atoms with Crippen molar-refractivity contribution in [1.29, 1.82) is 0 Å². The van der Waals surface area contributed by atoms with Crippen LogP contribution in [0.25, 0.3) is 0 Å². The molecule has 0 aliphatic carbocycles. The third kappa shape index (κ3) is 4.26. The van der Waals surface area contributed by atoms with Crippen LogP contribution < -0.4 is 4.74 Å². The SMILES string of the molecule is COc1ccc(C(C)=O)cc1CS(=O)CC(C)C. The minimum atomic E-state index is -0.926. The number of ketones is 1. The lowest BCUT2D eigenvalue weighted by Gasteiger charge is -2.10. The maximum absolute atomic E-state index is 11.9. The van der Waals surface area contributed by atoms with Crippen molar-refractivity contribution >= 4 is 16.6 Å². The third-order valence-corrected chi connectivity index (χ3v) is 4.19. The molecule has 1 rings (SSSR count). The lowest BCUT2D eigenvalue weighted by molar-refractivity contribution is 0.101. The average Bonchev–Trinajstić information content (AvgIpc) is 2.27. The number of ether oxygens (including phenoxy) is 1. The molecule has 4 heteroatoms. The Bertz CT molecular complexity index is 452. The Morgan fingerprint density at radius 1 is 1.39 bits per heavy atom. The molecule has 3 nitrogen and oxygen atoms in total. The van der Waals surface area contributed by atoms with E-state index in [-0.39, 0.29) is 5.78 Å². The van der Waals surface area contributed by atoms with Crippen molar-refractivity contribution < 1.29 is 13.7 Å². The van der Waals surface area contributed by atoms with E-state index in [0.717, 1.165) is 5.56 Å². The van der Waals surface area contributed by atoms with E-state index in [1.807, 2.05) is 13.8 Å². The summed E-state index contributed by atoms with van der Waals surface area (Å²) < 4.78 is 17.2. The normalized spacial score (nSPS) is 12.5. The lowest BCUT2D eigenvalue weighted by atomic mass is 10.1. The number of Topliss-reactive ketones (excluding diaryl/α,β-unsaturated/α-hetero) is 1. The molecule has 0 saturated carbocycles. The molecule has 100 valence electrons. The number of hydrogen-bond acceptors (Lipinski definition) is 3. The molecule has 0 spiro atoms. The fraction of sp³-hybridized carbons (Fsp3) is 0.500. The van der Waals surface area contributed by atoms with Crippen LogP contribution in [0.4, 0.5) is 0 Å². The van der Waals surface area contributed by atoms with E-state index in [9.17, 15) is 9.00 Å². The van der Waals surface area contributed by atoms with Crippen LogP contribution in [-0.4, -0.2) is 22.9 Å². The van der Waals surface area contributed by atoms with Gasteiger partial charge in [0, 0.05) is 27.7 Å². The minimum Gasteiger partial charge on any atom is -0.496 e. The second kappa shape index (κ2) is 6.69. The predicted octanol–water partition coefficient (Wildman–Crippen LogP) is 2.80. The second-order valence-corrected chi connectivity index (χ2v) is 6.23. The Kier molecular flexibility index (Phi) is 5.54. The number of carbonyl (C=O) groups excluding carboxylic acids is 1. The van der Waals surface area contributed by atoms with Gasteiger partial charge >= 0.3 is 0 Å². The van der Waals surface area contributed by atoms with Crippen molar-refractivity contribution in [3.05, 3.63) is 29.3 Å². The highest BCUT2D eigenvalue weighted by Gasteiger charge is 2.11. The molecule has 1 atom stereocenters. The summed E-state index contributed by atoms with van der Waals surface area (Å²) in [5.41, 5.74) is 1.47. The maximum Gasteiger partial charge on any atom is 0.159 e. The summed E-state index contributed by atoms with van der Waals surface area (Å²) in [5, 5.41) is 0. The summed E-state index contributed by atoms with van der Waals surface area (Å²) in [4.78, 5) is 11.3. The van der Waals surface area contributed by atoms with Crippen molar-refractivity contribution in [3.63, 3.8) is 0 Å². The molecule has 1 aromatic carbocycles. The molecule has 0 aliphatic rings. The highest BCUT2D eigenvalue weighted by atomic mass is 32.2. The molecule has 0 radical (unpaired) electrons. The van der Waals surface area contributed by atoms with Crippen molar-refractivity contribution in [2.45, 2.75) is 26.5 Å².